The standard InChI is InChI=1S/C9H16N2O/c1-4-5-9(12)11(3)10(2)8-6-7-8/h4-5,8H,6-7H2,1-3H3. The predicted octanol–water partition coefficient (Wildman–Crippen LogP) is 1.03. The molecule has 0 atom stereocenters. The molecule has 12 heavy (non-hydrogen) atoms. The summed E-state index contributed by atoms with van der Waals surface area (Å²) in [6.45, 7) is 1.85. The molecule has 3 nitrogen and oxygen atoms in total. The molecule has 0 bridgehead atoms. The van der Waals surface area contributed by atoms with Crippen molar-refractivity contribution >= 4 is 5.91 Å². The van der Waals surface area contributed by atoms with E-state index >= 15 is 0 Å². The smallest absolute Gasteiger partial charge is 0.260 e. The van der Waals surface area contributed by atoms with Crippen molar-refractivity contribution in [1.82, 2.24) is 10.0 Å². The van der Waals surface area contributed by atoms with Gasteiger partial charge in [0.2, 0.25) is 0 Å². The molecule has 0 heterocycles. The summed E-state index contributed by atoms with van der Waals surface area (Å²) < 4.78 is 0. The highest BCUT2D eigenvalue weighted by atomic mass is 16.2. The minimum atomic E-state index is 0.0481. The van der Waals surface area contributed by atoms with Crippen LogP contribution < -0.4 is 0 Å². The van der Waals surface area contributed by atoms with Gasteiger partial charge in [-0.1, -0.05) is 6.08 Å². The topological polar surface area (TPSA) is 23.6 Å². The van der Waals surface area contributed by atoms with E-state index in [0.29, 0.717) is 6.04 Å². The van der Waals surface area contributed by atoms with Crippen LogP contribution in [0.1, 0.15) is 19.8 Å². The van der Waals surface area contributed by atoms with E-state index in [9.17, 15) is 4.79 Å². The monoisotopic (exact) mass is 168 g/mol. The Balaban J connectivity index is 2.44. The Labute approximate surface area is 73.6 Å². The number of allylic oxidation sites excluding steroid dienone is 1. The first-order chi connectivity index (χ1) is 5.66. The van der Waals surface area contributed by atoms with Crippen LogP contribution in [0.25, 0.3) is 0 Å². The Morgan fingerprint density at radius 3 is 2.42 bits per heavy atom. The van der Waals surface area contributed by atoms with Crippen LogP contribution in [0.15, 0.2) is 12.2 Å². The summed E-state index contributed by atoms with van der Waals surface area (Å²) in [6.07, 6.45) is 5.77. The number of likely N-dealkylation sites (N-methyl/N-ethyl adjacent to an activating group) is 1. The maximum absolute atomic E-state index is 11.3. The van der Waals surface area contributed by atoms with Gasteiger partial charge in [0, 0.05) is 26.2 Å². The van der Waals surface area contributed by atoms with Crippen molar-refractivity contribution in [2.24, 2.45) is 0 Å². The number of carbonyl (C=O) groups is 1. The van der Waals surface area contributed by atoms with Gasteiger partial charge >= 0.3 is 0 Å². The molecule has 0 radical (unpaired) electrons. The lowest BCUT2D eigenvalue weighted by Gasteiger charge is -2.26. The van der Waals surface area contributed by atoms with Crippen LogP contribution in [-0.4, -0.2) is 36.1 Å². The SMILES string of the molecule is CC=CC(=O)N(C)N(C)C1CC1. The summed E-state index contributed by atoms with van der Waals surface area (Å²) in [5, 5.41) is 3.67. The van der Waals surface area contributed by atoms with Crippen LogP contribution in [-0.2, 0) is 4.79 Å². The highest BCUT2D eigenvalue weighted by Crippen LogP contribution is 2.26. The van der Waals surface area contributed by atoms with Crippen molar-refractivity contribution in [1.29, 1.82) is 0 Å². The van der Waals surface area contributed by atoms with E-state index in [1.807, 2.05) is 19.0 Å². The summed E-state index contributed by atoms with van der Waals surface area (Å²) >= 11 is 0. The lowest BCUT2D eigenvalue weighted by molar-refractivity contribution is -0.138. The summed E-state index contributed by atoms with van der Waals surface area (Å²) in [4.78, 5) is 11.3. The Morgan fingerprint density at radius 2 is 2.00 bits per heavy atom. The zero-order chi connectivity index (χ0) is 9.14. The number of rotatable bonds is 3. The minimum absolute atomic E-state index is 0.0481. The molecular weight excluding hydrogens is 152 g/mol. The van der Waals surface area contributed by atoms with E-state index in [1.54, 1.807) is 24.2 Å². The predicted molar refractivity (Wildman–Crippen MR) is 48.4 cm³/mol. The number of hydrazine groups is 1. The minimum Gasteiger partial charge on any atom is -0.275 e. The summed E-state index contributed by atoms with van der Waals surface area (Å²) in [7, 11) is 3.76. The van der Waals surface area contributed by atoms with Crippen LogP contribution >= 0.6 is 0 Å². The van der Waals surface area contributed by atoms with Gasteiger partial charge in [0.1, 0.15) is 0 Å². The fraction of sp³-hybridized carbons (Fsp3) is 0.667. The largest absolute Gasteiger partial charge is 0.275 e. The van der Waals surface area contributed by atoms with Gasteiger partial charge in [-0.25, -0.2) is 5.01 Å². The fourth-order valence-corrected chi connectivity index (χ4v) is 1.10. The molecule has 3 heteroatoms. The van der Waals surface area contributed by atoms with Crippen LogP contribution in [0.3, 0.4) is 0 Å². The molecule has 1 fully saturated rings. The molecule has 1 aliphatic carbocycles. The lowest BCUT2D eigenvalue weighted by atomic mass is 10.5. The number of amides is 1. The maximum Gasteiger partial charge on any atom is 0.260 e. The molecule has 1 amide bonds. The van der Waals surface area contributed by atoms with Gasteiger partial charge in [-0.2, -0.15) is 0 Å². The molecule has 1 rings (SSSR count). The molecule has 0 N–H and O–H groups in total. The molecule has 1 saturated carbocycles. The number of hydrogen-bond donors (Lipinski definition) is 0. The first-order valence-corrected chi connectivity index (χ1v) is 4.30. The summed E-state index contributed by atoms with van der Waals surface area (Å²) in [6, 6.07) is 0.587. The van der Waals surface area contributed by atoms with Gasteiger partial charge in [-0.05, 0) is 19.8 Å². The first-order valence-electron chi connectivity index (χ1n) is 4.30. The van der Waals surface area contributed by atoms with Crippen molar-refractivity contribution in [2.75, 3.05) is 14.1 Å². The molecule has 68 valence electrons. The van der Waals surface area contributed by atoms with Crippen LogP contribution in [0.5, 0.6) is 0 Å². The van der Waals surface area contributed by atoms with Gasteiger partial charge in [0.25, 0.3) is 5.91 Å². The van der Waals surface area contributed by atoms with Crippen molar-refractivity contribution in [3.8, 4) is 0 Å². The molecule has 0 aromatic carbocycles. The quantitative estimate of drug-likeness (QED) is 0.464. The van der Waals surface area contributed by atoms with Crippen molar-refractivity contribution in [3.63, 3.8) is 0 Å². The lowest BCUT2D eigenvalue weighted by Crippen LogP contribution is -2.41. The molecule has 0 saturated heterocycles. The van der Waals surface area contributed by atoms with Gasteiger partial charge < -0.3 is 0 Å². The second-order valence-corrected chi connectivity index (χ2v) is 3.17. The molecule has 0 aromatic rings. The Bertz CT molecular complexity index is 197. The van der Waals surface area contributed by atoms with Crippen molar-refractivity contribution < 1.29 is 4.79 Å². The van der Waals surface area contributed by atoms with Gasteiger partial charge in [0.05, 0.1) is 0 Å². The van der Waals surface area contributed by atoms with Crippen molar-refractivity contribution in [2.45, 2.75) is 25.8 Å². The van der Waals surface area contributed by atoms with Gasteiger partial charge in [0.15, 0.2) is 0 Å². The van der Waals surface area contributed by atoms with Crippen LogP contribution in [0.4, 0.5) is 0 Å². The van der Waals surface area contributed by atoms with E-state index in [1.165, 1.54) is 12.8 Å². The summed E-state index contributed by atoms with van der Waals surface area (Å²) in [5.41, 5.74) is 0. The molecular formula is C9H16N2O. The third kappa shape index (κ3) is 2.08. The molecule has 0 aliphatic heterocycles. The van der Waals surface area contributed by atoms with E-state index < -0.39 is 0 Å². The fourth-order valence-electron chi connectivity index (χ4n) is 1.10. The van der Waals surface area contributed by atoms with E-state index in [2.05, 4.69) is 0 Å². The second kappa shape index (κ2) is 3.72. The van der Waals surface area contributed by atoms with E-state index in [-0.39, 0.29) is 5.91 Å². The zero-order valence-electron chi connectivity index (χ0n) is 7.95. The van der Waals surface area contributed by atoms with Gasteiger partial charge in [-0.3, -0.25) is 9.80 Å². The first kappa shape index (κ1) is 9.26. The number of carbonyl (C=O) groups excluding carboxylic acids is 1. The maximum atomic E-state index is 11.3. The van der Waals surface area contributed by atoms with Gasteiger partial charge in [-0.15, -0.1) is 0 Å². The number of nitrogens with zero attached hydrogens (tertiary/aromatic N) is 2. The summed E-state index contributed by atoms with van der Waals surface area (Å²) in [5.74, 6) is 0.0481. The Hall–Kier alpha value is -0.830. The average molecular weight is 168 g/mol. The highest BCUT2D eigenvalue weighted by Gasteiger charge is 2.29. The zero-order valence-corrected chi connectivity index (χ0v) is 7.95. The Kier molecular flexibility index (Phi) is 2.87. The molecule has 0 spiro atoms. The van der Waals surface area contributed by atoms with Crippen LogP contribution in [0, 0.1) is 0 Å². The van der Waals surface area contributed by atoms with E-state index in [4.69, 9.17) is 0 Å². The van der Waals surface area contributed by atoms with E-state index in [0.717, 1.165) is 0 Å². The molecule has 1 aliphatic rings. The normalized spacial score (nSPS) is 17.3. The molecule has 0 unspecified atom stereocenters. The third-order valence-electron chi connectivity index (χ3n) is 2.18. The average Bonchev–Trinajstić information content (AvgIpc) is 2.84. The van der Waals surface area contributed by atoms with Crippen LogP contribution in [0.2, 0.25) is 0 Å². The van der Waals surface area contributed by atoms with Crippen molar-refractivity contribution in [3.05, 3.63) is 12.2 Å². The second-order valence-electron chi connectivity index (χ2n) is 3.17. The highest BCUT2D eigenvalue weighted by molar-refractivity contribution is 5.86. The third-order valence-corrected chi connectivity index (χ3v) is 2.18. The number of hydrogen-bond acceptors (Lipinski definition) is 2. The Morgan fingerprint density at radius 1 is 1.42 bits per heavy atom. The molecule has 0 aromatic heterocycles.